The van der Waals surface area contributed by atoms with Gasteiger partial charge in [-0.2, -0.15) is 0 Å². The summed E-state index contributed by atoms with van der Waals surface area (Å²) < 4.78 is 0. The highest BCUT2D eigenvalue weighted by atomic mass is 16.2. The van der Waals surface area contributed by atoms with Crippen molar-refractivity contribution in [2.24, 2.45) is 0 Å². The van der Waals surface area contributed by atoms with Gasteiger partial charge in [0.2, 0.25) is 12.3 Å². The van der Waals surface area contributed by atoms with Crippen molar-refractivity contribution in [2.75, 3.05) is 13.6 Å². The lowest BCUT2D eigenvalue weighted by Crippen LogP contribution is -2.48. The highest BCUT2D eigenvalue weighted by Gasteiger charge is 2.43. The molecule has 1 aromatic carbocycles. The van der Waals surface area contributed by atoms with E-state index in [-0.39, 0.29) is 18.4 Å². The molecule has 1 atom stereocenters. The summed E-state index contributed by atoms with van der Waals surface area (Å²) in [6, 6.07) is 3.98. The average Bonchev–Trinajstić information content (AvgIpc) is 2.91. The molecule has 8 heteroatoms. The number of rotatable bonds is 10. The monoisotopic (exact) mass is 359 g/mol. The van der Waals surface area contributed by atoms with Crippen LogP contribution in [0.25, 0.3) is 0 Å². The molecule has 1 aliphatic rings. The molecule has 1 heterocycles. The third-order valence-electron chi connectivity index (χ3n) is 4.30. The first-order chi connectivity index (χ1) is 12.6. The molecule has 4 amide bonds. The van der Waals surface area contributed by atoms with E-state index in [0.717, 1.165) is 4.90 Å². The minimum Gasteiger partial charge on any atom is -0.359 e. The van der Waals surface area contributed by atoms with Gasteiger partial charge in [-0.05, 0) is 30.9 Å². The van der Waals surface area contributed by atoms with E-state index in [1.165, 1.54) is 7.05 Å². The molecule has 0 spiro atoms. The number of nitrogens with one attached hydrogen (secondary N) is 2. The van der Waals surface area contributed by atoms with E-state index in [1.807, 2.05) is 0 Å². The fourth-order valence-electron chi connectivity index (χ4n) is 3.07. The summed E-state index contributed by atoms with van der Waals surface area (Å²) in [6.45, 7) is 0.458. The van der Waals surface area contributed by atoms with Crippen LogP contribution in [0.4, 0.5) is 0 Å². The van der Waals surface area contributed by atoms with Gasteiger partial charge in [0.1, 0.15) is 12.3 Å². The zero-order chi connectivity index (χ0) is 19.1. The van der Waals surface area contributed by atoms with Crippen molar-refractivity contribution in [2.45, 2.75) is 31.7 Å². The Kier molecular flexibility index (Phi) is 6.60. The van der Waals surface area contributed by atoms with E-state index in [4.69, 9.17) is 0 Å². The third kappa shape index (κ3) is 3.79. The van der Waals surface area contributed by atoms with Gasteiger partial charge in [0.05, 0.1) is 11.1 Å². The number of amides is 4. The van der Waals surface area contributed by atoms with Crippen molar-refractivity contribution in [3.63, 3.8) is 0 Å². The standard InChI is InChI=1S/C18H21N3O5/c1-19-16(24)14(8-4-10-22)21-17(25)13-7-2-5-12(15(13)18(21)26)6-3-9-20-11-23/h2,5,7,10-11,14H,3-4,6,8-9H2,1H3,(H,19,24)(H,20,23). The number of likely N-dealkylation sites (N-methyl/N-ethyl adjacent to an activating group) is 1. The van der Waals surface area contributed by atoms with Gasteiger partial charge >= 0.3 is 0 Å². The molecule has 0 fully saturated rings. The van der Waals surface area contributed by atoms with Crippen molar-refractivity contribution >= 4 is 30.4 Å². The van der Waals surface area contributed by atoms with Crippen LogP contribution in [0, 0.1) is 0 Å². The van der Waals surface area contributed by atoms with Gasteiger partial charge in [-0.15, -0.1) is 0 Å². The minimum absolute atomic E-state index is 0.0652. The van der Waals surface area contributed by atoms with Crippen LogP contribution in [0.1, 0.15) is 45.5 Å². The van der Waals surface area contributed by atoms with Gasteiger partial charge in [0, 0.05) is 20.0 Å². The van der Waals surface area contributed by atoms with Gasteiger partial charge in [-0.1, -0.05) is 12.1 Å². The summed E-state index contributed by atoms with van der Waals surface area (Å²) in [6.07, 6.45) is 2.52. The lowest BCUT2D eigenvalue weighted by Gasteiger charge is -2.24. The molecule has 26 heavy (non-hydrogen) atoms. The van der Waals surface area contributed by atoms with Crippen molar-refractivity contribution in [3.05, 3.63) is 34.9 Å². The number of imide groups is 1. The Morgan fingerprint density at radius 3 is 2.65 bits per heavy atom. The second kappa shape index (κ2) is 8.89. The molecule has 0 bridgehead atoms. The molecule has 0 saturated heterocycles. The average molecular weight is 359 g/mol. The molecule has 138 valence electrons. The summed E-state index contributed by atoms with van der Waals surface area (Å²) in [7, 11) is 1.42. The fraction of sp³-hybridized carbons (Fsp3) is 0.389. The van der Waals surface area contributed by atoms with Crippen LogP contribution in [-0.2, 0) is 20.8 Å². The summed E-state index contributed by atoms with van der Waals surface area (Å²) in [4.78, 5) is 59.8. The quantitative estimate of drug-likeness (QED) is 0.348. The Morgan fingerprint density at radius 1 is 1.23 bits per heavy atom. The first-order valence-electron chi connectivity index (χ1n) is 8.38. The molecule has 0 aliphatic carbocycles. The molecular formula is C18H21N3O5. The summed E-state index contributed by atoms with van der Waals surface area (Å²) in [5.41, 5.74) is 1.25. The minimum atomic E-state index is -1.03. The van der Waals surface area contributed by atoms with Crippen LogP contribution in [0.5, 0.6) is 0 Å². The Labute approximate surface area is 150 Å². The zero-order valence-electron chi connectivity index (χ0n) is 14.5. The van der Waals surface area contributed by atoms with Gasteiger partial charge < -0.3 is 15.4 Å². The molecule has 2 rings (SSSR count). The summed E-state index contributed by atoms with van der Waals surface area (Å²) >= 11 is 0. The maximum atomic E-state index is 12.9. The topological polar surface area (TPSA) is 113 Å². The van der Waals surface area contributed by atoms with Crippen LogP contribution < -0.4 is 10.6 Å². The second-order valence-corrected chi connectivity index (χ2v) is 5.87. The molecule has 8 nitrogen and oxygen atoms in total. The lowest BCUT2D eigenvalue weighted by molar-refractivity contribution is -0.124. The summed E-state index contributed by atoms with van der Waals surface area (Å²) in [5.74, 6) is -1.54. The molecular weight excluding hydrogens is 338 g/mol. The molecule has 0 saturated carbocycles. The van der Waals surface area contributed by atoms with Crippen molar-refractivity contribution in [1.29, 1.82) is 0 Å². The summed E-state index contributed by atoms with van der Waals surface area (Å²) in [5, 5.41) is 4.99. The Morgan fingerprint density at radius 2 is 2.00 bits per heavy atom. The maximum absolute atomic E-state index is 12.9. The predicted octanol–water partition coefficient (Wildman–Crippen LogP) is 0.0549. The third-order valence-corrected chi connectivity index (χ3v) is 4.30. The van der Waals surface area contributed by atoms with E-state index in [0.29, 0.717) is 43.2 Å². The molecule has 0 aromatic heterocycles. The number of carbonyl (C=O) groups is 5. The number of benzene rings is 1. The Balaban J connectivity index is 2.31. The van der Waals surface area contributed by atoms with Crippen LogP contribution in [0.2, 0.25) is 0 Å². The lowest BCUT2D eigenvalue weighted by atomic mass is 9.99. The van der Waals surface area contributed by atoms with E-state index in [9.17, 15) is 24.0 Å². The van der Waals surface area contributed by atoms with Crippen LogP contribution in [-0.4, -0.2) is 55.0 Å². The number of carbonyl (C=O) groups excluding carboxylic acids is 5. The van der Waals surface area contributed by atoms with E-state index < -0.39 is 23.8 Å². The maximum Gasteiger partial charge on any atom is 0.262 e. The Hall–Kier alpha value is -3.03. The number of aldehydes is 1. The van der Waals surface area contributed by atoms with E-state index in [1.54, 1.807) is 18.2 Å². The molecule has 1 aliphatic heterocycles. The van der Waals surface area contributed by atoms with E-state index in [2.05, 4.69) is 10.6 Å². The number of fused-ring (bicyclic) bond motifs is 1. The number of hydrogen-bond donors (Lipinski definition) is 2. The van der Waals surface area contributed by atoms with Crippen molar-refractivity contribution < 1.29 is 24.0 Å². The smallest absolute Gasteiger partial charge is 0.262 e. The molecule has 0 radical (unpaired) electrons. The molecule has 1 aromatic rings. The molecule has 2 N–H and O–H groups in total. The number of aryl methyl sites for hydroxylation is 1. The van der Waals surface area contributed by atoms with Crippen molar-refractivity contribution in [1.82, 2.24) is 15.5 Å². The van der Waals surface area contributed by atoms with Gasteiger partial charge in [0.15, 0.2) is 0 Å². The number of nitrogens with zero attached hydrogens (tertiary/aromatic N) is 1. The van der Waals surface area contributed by atoms with Gasteiger partial charge in [-0.3, -0.25) is 24.1 Å². The highest BCUT2D eigenvalue weighted by Crippen LogP contribution is 2.29. The second-order valence-electron chi connectivity index (χ2n) is 5.87. The van der Waals surface area contributed by atoms with E-state index >= 15 is 0 Å². The SMILES string of the molecule is CNC(=O)C(CCC=O)N1C(=O)c2cccc(CCCNC=O)c2C1=O. The Bertz CT molecular complexity index is 732. The van der Waals surface area contributed by atoms with Crippen molar-refractivity contribution in [3.8, 4) is 0 Å². The fourth-order valence-corrected chi connectivity index (χ4v) is 3.07. The molecule has 1 unspecified atom stereocenters. The predicted molar refractivity (Wildman–Crippen MR) is 92.5 cm³/mol. The first-order valence-corrected chi connectivity index (χ1v) is 8.38. The number of hydrogen-bond acceptors (Lipinski definition) is 5. The first kappa shape index (κ1) is 19.3. The van der Waals surface area contributed by atoms with Gasteiger partial charge in [-0.25, -0.2) is 0 Å². The van der Waals surface area contributed by atoms with Crippen LogP contribution >= 0.6 is 0 Å². The van der Waals surface area contributed by atoms with Gasteiger partial charge in [0.25, 0.3) is 11.8 Å². The van der Waals surface area contributed by atoms with Crippen LogP contribution in [0.15, 0.2) is 18.2 Å². The normalized spacial score (nSPS) is 14.0. The van der Waals surface area contributed by atoms with Crippen LogP contribution in [0.3, 0.4) is 0 Å². The zero-order valence-corrected chi connectivity index (χ0v) is 14.5. The largest absolute Gasteiger partial charge is 0.359 e. The highest BCUT2D eigenvalue weighted by molar-refractivity contribution is 6.23.